The highest BCUT2D eigenvalue weighted by atomic mass is 35.5. The van der Waals surface area contributed by atoms with E-state index in [0.717, 1.165) is 0 Å². The SMILES string of the molecule is COc1cc(/C=C/C(=O)Nc2ccc(Cl)c(S(=O)(=O)N3CCOCC3)c2)cc(OC)c1OC. The van der Waals surface area contributed by atoms with Crippen molar-refractivity contribution in [1.29, 1.82) is 0 Å². The van der Waals surface area contributed by atoms with Gasteiger partial charge in [-0.15, -0.1) is 0 Å². The van der Waals surface area contributed by atoms with Gasteiger partial charge < -0.3 is 24.3 Å². The average molecular weight is 497 g/mol. The molecule has 2 aromatic carbocycles. The maximum Gasteiger partial charge on any atom is 0.248 e. The standard InChI is InChI=1S/C22H25ClN2O7S/c1-29-18-12-15(13-19(30-2)22(18)31-3)4-7-21(26)24-16-5-6-17(23)20(14-16)33(27,28)25-8-10-32-11-9-25/h4-7,12-14H,8-11H2,1-3H3,(H,24,26)/b7-4+. The summed E-state index contributed by atoms with van der Waals surface area (Å²) >= 11 is 6.16. The summed E-state index contributed by atoms with van der Waals surface area (Å²) in [7, 11) is 0.688. The molecule has 0 saturated carbocycles. The molecule has 0 aliphatic carbocycles. The highest BCUT2D eigenvalue weighted by Gasteiger charge is 2.28. The van der Waals surface area contributed by atoms with Crippen LogP contribution in [0.15, 0.2) is 41.3 Å². The molecule has 0 bridgehead atoms. The molecular weight excluding hydrogens is 472 g/mol. The molecule has 3 rings (SSSR count). The molecule has 1 aliphatic heterocycles. The van der Waals surface area contributed by atoms with Crippen molar-refractivity contribution in [3.8, 4) is 17.2 Å². The lowest BCUT2D eigenvalue weighted by molar-refractivity contribution is -0.111. The molecule has 33 heavy (non-hydrogen) atoms. The fourth-order valence-electron chi connectivity index (χ4n) is 3.26. The van der Waals surface area contributed by atoms with Gasteiger partial charge >= 0.3 is 0 Å². The molecule has 1 saturated heterocycles. The van der Waals surface area contributed by atoms with E-state index in [2.05, 4.69) is 5.32 Å². The van der Waals surface area contributed by atoms with E-state index >= 15 is 0 Å². The molecule has 178 valence electrons. The van der Waals surface area contributed by atoms with Crippen LogP contribution in [0.1, 0.15) is 5.56 Å². The van der Waals surface area contributed by atoms with Crippen LogP contribution in [0, 0.1) is 0 Å². The largest absolute Gasteiger partial charge is 0.493 e. The van der Waals surface area contributed by atoms with Crippen LogP contribution >= 0.6 is 11.6 Å². The first-order valence-electron chi connectivity index (χ1n) is 9.96. The third-order valence-electron chi connectivity index (χ3n) is 4.90. The van der Waals surface area contributed by atoms with Crippen molar-refractivity contribution in [2.45, 2.75) is 4.90 Å². The maximum absolute atomic E-state index is 13.0. The molecule has 1 heterocycles. The summed E-state index contributed by atoms with van der Waals surface area (Å²) in [5.74, 6) is 0.887. The van der Waals surface area contributed by atoms with Crippen LogP contribution in [0.5, 0.6) is 17.2 Å². The van der Waals surface area contributed by atoms with Gasteiger partial charge in [-0.3, -0.25) is 4.79 Å². The summed E-state index contributed by atoms with van der Waals surface area (Å²) in [6, 6.07) is 7.71. The molecule has 9 nitrogen and oxygen atoms in total. The zero-order chi connectivity index (χ0) is 24.0. The van der Waals surface area contributed by atoms with Gasteiger partial charge in [0.2, 0.25) is 21.7 Å². The van der Waals surface area contributed by atoms with Crippen molar-refractivity contribution >= 4 is 39.3 Å². The lowest BCUT2D eigenvalue weighted by Crippen LogP contribution is -2.40. The summed E-state index contributed by atoms with van der Waals surface area (Å²) < 4.78 is 48.3. The van der Waals surface area contributed by atoms with E-state index in [9.17, 15) is 13.2 Å². The average Bonchev–Trinajstić information content (AvgIpc) is 2.83. The third kappa shape index (κ3) is 5.77. The first kappa shape index (κ1) is 24.8. The Bertz CT molecular complexity index is 1120. The van der Waals surface area contributed by atoms with Crippen LogP contribution in [-0.4, -0.2) is 66.3 Å². The van der Waals surface area contributed by atoms with E-state index in [4.69, 9.17) is 30.5 Å². The lowest BCUT2D eigenvalue weighted by Gasteiger charge is -2.26. The molecule has 0 aromatic heterocycles. The monoisotopic (exact) mass is 496 g/mol. The first-order valence-corrected chi connectivity index (χ1v) is 11.8. The predicted octanol–water partition coefficient (Wildman–Crippen LogP) is 3.04. The molecule has 0 atom stereocenters. The van der Waals surface area contributed by atoms with Crippen LogP contribution in [0.4, 0.5) is 5.69 Å². The van der Waals surface area contributed by atoms with E-state index in [-0.39, 0.29) is 23.0 Å². The van der Waals surface area contributed by atoms with E-state index in [0.29, 0.717) is 41.7 Å². The number of ether oxygens (including phenoxy) is 4. The van der Waals surface area contributed by atoms with Gasteiger partial charge in [-0.1, -0.05) is 11.6 Å². The number of nitrogens with zero attached hydrogens (tertiary/aromatic N) is 1. The van der Waals surface area contributed by atoms with Crippen LogP contribution in [0.2, 0.25) is 5.02 Å². The quantitative estimate of drug-likeness (QED) is 0.560. The number of nitrogens with one attached hydrogen (secondary N) is 1. The Morgan fingerprint density at radius 1 is 1.06 bits per heavy atom. The summed E-state index contributed by atoms with van der Waals surface area (Å²) in [6.07, 6.45) is 2.88. The molecule has 1 N–H and O–H groups in total. The number of morpholine rings is 1. The van der Waals surface area contributed by atoms with Gasteiger partial charge in [0.05, 0.1) is 39.6 Å². The maximum atomic E-state index is 13.0. The third-order valence-corrected chi connectivity index (χ3v) is 7.28. The smallest absolute Gasteiger partial charge is 0.248 e. The van der Waals surface area contributed by atoms with Crippen molar-refractivity contribution in [3.05, 3.63) is 47.0 Å². The molecular formula is C22H25ClN2O7S. The van der Waals surface area contributed by atoms with Gasteiger partial charge in [-0.05, 0) is 42.0 Å². The van der Waals surface area contributed by atoms with E-state index in [1.165, 1.54) is 49.9 Å². The van der Waals surface area contributed by atoms with E-state index in [1.807, 2.05) is 0 Å². The molecule has 1 amide bonds. The Labute approximate surface area is 197 Å². The number of amides is 1. The minimum absolute atomic E-state index is 0.0718. The van der Waals surface area contributed by atoms with Gasteiger partial charge in [0.1, 0.15) is 4.90 Å². The topological polar surface area (TPSA) is 103 Å². The molecule has 2 aromatic rings. The Balaban J connectivity index is 1.79. The number of carbonyl (C=O) groups excluding carboxylic acids is 1. The number of hydrogen-bond donors (Lipinski definition) is 1. The molecule has 0 radical (unpaired) electrons. The number of methoxy groups -OCH3 is 3. The molecule has 0 spiro atoms. The predicted molar refractivity (Wildman–Crippen MR) is 125 cm³/mol. The second-order valence-corrected chi connectivity index (χ2v) is 9.26. The van der Waals surface area contributed by atoms with Crippen molar-refractivity contribution < 1.29 is 32.2 Å². The van der Waals surface area contributed by atoms with Gasteiger partial charge in [-0.25, -0.2) is 8.42 Å². The normalized spacial score (nSPS) is 14.8. The second kappa shape index (κ2) is 10.9. The molecule has 1 fully saturated rings. The molecule has 1 aliphatic rings. The lowest BCUT2D eigenvalue weighted by atomic mass is 10.1. The van der Waals surface area contributed by atoms with Gasteiger partial charge in [0, 0.05) is 24.9 Å². The van der Waals surface area contributed by atoms with E-state index in [1.54, 1.807) is 18.2 Å². The Hall–Kier alpha value is -2.79. The molecule has 11 heteroatoms. The minimum atomic E-state index is -3.82. The van der Waals surface area contributed by atoms with Crippen LogP contribution in [-0.2, 0) is 19.6 Å². The van der Waals surface area contributed by atoms with Gasteiger partial charge in [-0.2, -0.15) is 4.31 Å². The molecule has 0 unspecified atom stereocenters. The number of halogens is 1. The van der Waals surface area contributed by atoms with Crippen molar-refractivity contribution in [1.82, 2.24) is 4.31 Å². The van der Waals surface area contributed by atoms with Crippen molar-refractivity contribution in [3.63, 3.8) is 0 Å². The highest BCUT2D eigenvalue weighted by Crippen LogP contribution is 2.38. The Morgan fingerprint density at radius 2 is 1.70 bits per heavy atom. The van der Waals surface area contributed by atoms with Crippen LogP contribution in [0.25, 0.3) is 6.08 Å². The number of hydrogen-bond acceptors (Lipinski definition) is 7. The number of anilines is 1. The first-order chi connectivity index (χ1) is 15.8. The van der Waals surface area contributed by atoms with Crippen LogP contribution in [0.3, 0.4) is 0 Å². The van der Waals surface area contributed by atoms with Crippen molar-refractivity contribution in [2.75, 3.05) is 52.9 Å². The summed E-state index contributed by atoms with van der Waals surface area (Å²) in [6.45, 7) is 1.12. The summed E-state index contributed by atoms with van der Waals surface area (Å²) in [5.41, 5.74) is 0.942. The Kier molecular flexibility index (Phi) is 8.20. The second-order valence-electron chi connectivity index (χ2n) is 6.94. The fourth-order valence-corrected chi connectivity index (χ4v) is 5.17. The minimum Gasteiger partial charge on any atom is -0.493 e. The van der Waals surface area contributed by atoms with Crippen LogP contribution < -0.4 is 19.5 Å². The van der Waals surface area contributed by atoms with E-state index < -0.39 is 15.9 Å². The van der Waals surface area contributed by atoms with Gasteiger partial charge in [0.15, 0.2) is 11.5 Å². The summed E-state index contributed by atoms with van der Waals surface area (Å²) in [4.78, 5) is 12.4. The highest BCUT2D eigenvalue weighted by molar-refractivity contribution is 7.89. The number of benzene rings is 2. The zero-order valence-electron chi connectivity index (χ0n) is 18.5. The number of sulfonamides is 1. The summed E-state index contributed by atoms with van der Waals surface area (Å²) in [5, 5.41) is 2.73. The van der Waals surface area contributed by atoms with Gasteiger partial charge in [0.25, 0.3) is 0 Å². The number of rotatable bonds is 8. The van der Waals surface area contributed by atoms with Crippen molar-refractivity contribution in [2.24, 2.45) is 0 Å². The number of carbonyl (C=O) groups is 1. The Morgan fingerprint density at radius 3 is 2.27 bits per heavy atom. The zero-order valence-corrected chi connectivity index (χ0v) is 20.0. The fraction of sp³-hybridized carbons (Fsp3) is 0.318.